The molecule has 0 spiro atoms. The smallest absolute Gasteiger partial charge is 0.282 e. The Morgan fingerprint density at radius 1 is 1.08 bits per heavy atom. The number of sulfonamides is 1. The first-order valence-corrected chi connectivity index (χ1v) is 10.6. The third kappa shape index (κ3) is 3.99. The second kappa shape index (κ2) is 7.35. The topological polar surface area (TPSA) is 78.0 Å². The van der Waals surface area contributed by atoms with Crippen molar-refractivity contribution in [3.05, 3.63) is 29.8 Å². The van der Waals surface area contributed by atoms with Crippen LogP contribution in [0, 0.1) is 6.92 Å². The standard InChI is InChI=1S/C16H21N3O4S2/c1-13-2-4-14(5-3-13)25(22,23)19-8-6-17(7-9-19)15(20)12-18-10-11-24-16(18)21/h2-5H,6-12H2,1H3. The first kappa shape index (κ1) is 18.2. The van der Waals surface area contributed by atoms with Gasteiger partial charge in [-0.2, -0.15) is 4.31 Å². The maximum atomic E-state index is 12.7. The van der Waals surface area contributed by atoms with Gasteiger partial charge in [0.05, 0.1) is 4.90 Å². The molecule has 2 saturated heterocycles. The molecule has 0 aliphatic carbocycles. The number of piperazine rings is 1. The molecule has 0 bridgehead atoms. The Morgan fingerprint density at radius 2 is 1.72 bits per heavy atom. The lowest BCUT2D eigenvalue weighted by Crippen LogP contribution is -2.52. The highest BCUT2D eigenvalue weighted by Gasteiger charge is 2.31. The highest BCUT2D eigenvalue weighted by atomic mass is 32.2. The highest BCUT2D eigenvalue weighted by molar-refractivity contribution is 8.13. The molecule has 0 N–H and O–H groups in total. The normalized spacial score (nSPS) is 19.5. The number of hydrogen-bond acceptors (Lipinski definition) is 5. The van der Waals surface area contributed by atoms with Gasteiger partial charge in [0.1, 0.15) is 6.54 Å². The molecule has 1 aromatic carbocycles. The molecule has 2 fully saturated rings. The maximum absolute atomic E-state index is 12.7. The third-order valence-corrected chi connectivity index (χ3v) is 7.23. The number of rotatable bonds is 4. The van der Waals surface area contributed by atoms with Crippen LogP contribution >= 0.6 is 11.8 Å². The zero-order valence-electron chi connectivity index (χ0n) is 14.1. The van der Waals surface area contributed by atoms with Gasteiger partial charge in [-0.05, 0) is 19.1 Å². The van der Waals surface area contributed by atoms with E-state index < -0.39 is 10.0 Å². The molecule has 0 atom stereocenters. The Hall–Kier alpha value is -1.58. The largest absolute Gasteiger partial charge is 0.339 e. The fourth-order valence-corrected chi connectivity index (χ4v) is 5.12. The average molecular weight is 383 g/mol. The van der Waals surface area contributed by atoms with Gasteiger partial charge in [-0.25, -0.2) is 8.42 Å². The summed E-state index contributed by atoms with van der Waals surface area (Å²) >= 11 is 1.23. The van der Waals surface area contributed by atoms with Crippen LogP contribution in [0.4, 0.5) is 4.79 Å². The average Bonchev–Trinajstić information content (AvgIpc) is 3.00. The van der Waals surface area contributed by atoms with Crippen LogP contribution in [0.1, 0.15) is 5.56 Å². The highest BCUT2D eigenvalue weighted by Crippen LogP contribution is 2.20. The molecule has 3 rings (SSSR count). The predicted octanol–water partition coefficient (Wildman–Crippen LogP) is 0.997. The number of carbonyl (C=O) groups excluding carboxylic acids is 2. The molecular formula is C16H21N3O4S2. The van der Waals surface area contributed by atoms with Crippen molar-refractivity contribution in [1.82, 2.24) is 14.1 Å². The van der Waals surface area contributed by atoms with E-state index >= 15 is 0 Å². The molecule has 9 heteroatoms. The van der Waals surface area contributed by atoms with Crippen molar-refractivity contribution in [1.29, 1.82) is 0 Å². The minimum atomic E-state index is -3.53. The van der Waals surface area contributed by atoms with E-state index in [1.807, 2.05) is 6.92 Å². The van der Waals surface area contributed by atoms with E-state index in [9.17, 15) is 18.0 Å². The number of nitrogens with zero attached hydrogens (tertiary/aromatic N) is 3. The minimum Gasteiger partial charge on any atom is -0.339 e. The maximum Gasteiger partial charge on any atom is 0.282 e. The van der Waals surface area contributed by atoms with E-state index in [1.165, 1.54) is 16.1 Å². The van der Waals surface area contributed by atoms with Crippen molar-refractivity contribution in [3.63, 3.8) is 0 Å². The van der Waals surface area contributed by atoms with Gasteiger partial charge in [-0.1, -0.05) is 29.5 Å². The number of amides is 2. The van der Waals surface area contributed by atoms with Crippen LogP contribution in [0.25, 0.3) is 0 Å². The van der Waals surface area contributed by atoms with Crippen LogP contribution in [0.3, 0.4) is 0 Å². The van der Waals surface area contributed by atoms with Gasteiger partial charge >= 0.3 is 0 Å². The van der Waals surface area contributed by atoms with E-state index in [1.54, 1.807) is 34.1 Å². The first-order chi connectivity index (χ1) is 11.9. The lowest BCUT2D eigenvalue weighted by Gasteiger charge is -2.34. The van der Waals surface area contributed by atoms with Crippen molar-refractivity contribution in [3.8, 4) is 0 Å². The zero-order chi connectivity index (χ0) is 18.0. The Morgan fingerprint density at radius 3 is 2.28 bits per heavy atom. The van der Waals surface area contributed by atoms with Crippen LogP contribution in [-0.4, -0.2) is 78.7 Å². The Labute approximate surface area is 152 Å². The van der Waals surface area contributed by atoms with Gasteiger partial charge in [0.25, 0.3) is 5.24 Å². The summed E-state index contributed by atoms with van der Waals surface area (Å²) in [4.78, 5) is 27.4. The molecule has 1 aromatic rings. The number of aryl methyl sites for hydroxylation is 1. The molecule has 2 aliphatic rings. The number of hydrogen-bond donors (Lipinski definition) is 0. The Bertz CT molecular complexity index is 756. The quantitative estimate of drug-likeness (QED) is 0.775. The van der Waals surface area contributed by atoms with Gasteiger partial charge in [0, 0.05) is 38.5 Å². The lowest BCUT2D eigenvalue weighted by atomic mass is 10.2. The fourth-order valence-electron chi connectivity index (χ4n) is 2.87. The Balaban J connectivity index is 1.58. The molecule has 0 saturated carbocycles. The van der Waals surface area contributed by atoms with Crippen molar-refractivity contribution >= 4 is 32.9 Å². The second-order valence-electron chi connectivity index (χ2n) is 6.13. The van der Waals surface area contributed by atoms with Crippen molar-refractivity contribution in [2.24, 2.45) is 0 Å². The van der Waals surface area contributed by atoms with E-state index in [0.29, 0.717) is 25.4 Å². The summed E-state index contributed by atoms with van der Waals surface area (Å²) in [5.41, 5.74) is 1.00. The second-order valence-corrected chi connectivity index (χ2v) is 9.12. The lowest BCUT2D eigenvalue weighted by molar-refractivity contribution is -0.132. The number of thioether (sulfide) groups is 1. The van der Waals surface area contributed by atoms with Crippen molar-refractivity contribution in [2.75, 3.05) is 45.0 Å². The Kier molecular flexibility index (Phi) is 5.35. The van der Waals surface area contributed by atoms with Crippen LogP contribution in [0.2, 0.25) is 0 Å². The molecule has 0 aromatic heterocycles. The van der Waals surface area contributed by atoms with Crippen molar-refractivity contribution < 1.29 is 18.0 Å². The summed E-state index contributed by atoms with van der Waals surface area (Å²) in [7, 11) is -3.53. The minimum absolute atomic E-state index is 0.0612. The summed E-state index contributed by atoms with van der Waals surface area (Å²) in [6, 6.07) is 6.77. The van der Waals surface area contributed by atoms with E-state index in [4.69, 9.17) is 0 Å². The summed E-state index contributed by atoms with van der Waals surface area (Å²) in [6.45, 7) is 3.81. The van der Waals surface area contributed by atoms with Crippen molar-refractivity contribution in [2.45, 2.75) is 11.8 Å². The monoisotopic (exact) mass is 383 g/mol. The molecular weight excluding hydrogens is 362 g/mol. The van der Waals surface area contributed by atoms with Crippen LogP contribution in [-0.2, 0) is 14.8 Å². The molecule has 2 amide bonds. The van der Waals surface area contributed by atoms with Gasteiger partial charge in [-0.3, -0.25) is 9.59 Å². The third-order valence-electron chi connectivity index (χ3n) is 4.42. The SMILES string of the molecule is Cc1ccc(S(=O)(=O)N2CCN(C(=O)CN3CCSC3=O)CC2)cc1. The van der Waals surface area contributed by atoms with Crippen LogP contribution < -0.4 is 0 Å². The molecule has 2 aliphatic heterocycles. The van der Waals surface area contributed by atoms with Gasteiger partial charge < -0.3 is 9.80 Å². The molecule has 25 heavy (non-hydrogen) atoms. The number of benzene rings is 1. The summed E-state index contributed by atoms with van der Waals surface area (Å²) in [5, 5.41) is -0.0612. The molecule has 7 nitrogen and oxygen atoms in total. The zero-order valence-corrected chi connectivity index (χ0v) is 15.7. The predicted molar refractivity (Wildman–Crippen MR) is 95.9 cm³/mol. The molecule has 0 radical (unpaired) electrons. The summed E-state index contributed by atoms with van der Waals surface area (Å²) in [5.74, 6) is 0.595. The van der Waals surface area contributed by atoms with Gasteiger partial charge in [0.2, 0.25) is 15.9 Å². The molecule has 0 unspecified atom stereocenters. The van der Waals surface area contributed by atoms with Crippen LogP contribution in [0.15, 0.2) is 29.2 Å². The van der Waals surface area contributed by atoms with Crippen LogP contribution in [0.5, 0.6) is 0 Å². The van der Waals surface area contributed by atoms with Gasteiger partial charge in [0.15, 0.2) is 0 Å². The summed E-state index contributed by atoms with van der Waals surface area (Å²) in [6.07, 6.45) is 0. The van der Waals surface area contributed by atoms with E-state index in [0.717, 1.165) is 5.56 Å². The summed E-state index contributed by atoms with van der Waals surface area (Å²) < 4.78 is 26.7. The fraction of sp³-hybridized carbons (Fsp3) is 0.500. The first-order valence-electron chi connectivity index (χ1n) is 8.14. The van der Waals surface area contributed by atoms with Gasteiger partial charge in [-0.15, -0.1) is 0 Å². The molecule has 2 heterocycles. The number of carbonyl (C=O) groups is 2. The molecule has 136 valence electrons. The van der Waals surface area contributed by atoms with E-state index in [-0.39, 0.29) is 35.7 Å². The van der Waals surface area contributed by atoms with E-state index in [2.05, 4.69) is 0 Å².